The summed E-state index contributed by atoms with van der Waals surface area (Å²) in [6.07, 6.45) is 2.01. The minimum Gasteiger partial charge on any atom is -0.396 e. The summed E-state index contributed by atoms with van der Waals surface area (Å²) in [5, 5.41) is 15.0. The van der Waals surface area contributed by atoms with Gasteiger partial charge in [0.1, 0.15) is 0 Å². The number of aliphatic hydroxyl groups is 1. The molecule has 20 heavy (non-hydrogen) atoms. The molecule has 1 saturated carbocycles. The van der Waals surface area contributed by atoms with Gasteiger partial charge in [-0.1, -0.05) is 27.7 Å². The molecule has 0 radical (unpaired) electrons. The van der Waals surface area contributed by atoms with E-state index in [1.165, 1.54) is 0 Å². The monoisotopic (exact) mass is 284 g/mol. The molecule has 5 nitrogen and oxygen atoms in total. The van der Waals surface area contributed by atoms with Gasteiger partial charge in [0.2, 0.25) is 0 Å². The van der Waals surface area contributed by atoms with Crippen molar-refractivity contribution in [2.75, 3.05) is 19.8 Å². The summed E-state index contributed by atoms with van der Waals surface area (Å²) in [5.74, 6) is 0.459. The minimum absolute atomic E-state index is 0.0130. The van der Waals surface area contributed by atoms with Crippen LogP contribution in [0.1, 0.15) is 40.5 Å². The van der Waals surface area contributed by atoms with Crippen molar-refractivity contribution in [3.63, 3.8) is 0 Å². The number of ether oxygens (including phenoxy) is 1. The van der Waals surface area contributed by atoms with Gasteiger partial charge in [0.15, 0.2) is 0 Å². The molecule has 0 bridgehead atoms. The van der Waals surface area contributed by atoms with Crippen LogP contribution in [0.5, 0.6) is 0 Å². The second kappa shape index (κ2) is 5.53. The molecule has 2 fully saturated rings. The van der Waals surface area contributed by atoms with Crippen LogP contribution in [0.3, 0.4) is 0 Å². The fourth-order valence-corrected chi connectivity index (χ4v) is 3.52. The number of amides is 2. The third-order valence-electron chi connectivity index (χ3n) is 4.90. The van der Waals surface area contributed by atoms with E-state index in [0.29, 0.717) is 25.0 Å². The van der Waals surface area contributed by atoms with Crippen molar-refractivity contribution in [2.45, 2.75) is 52.7 Å². The fourth-order valence-electron chi connectivity index (χ4n) is 3.52. The molecular weight excluding hydrogens is 256 g/mol. The van der Waals surface area contributed by atoms with Crippen LogP contribution in [0.2, 0.25) is 0 Å². The third kappa shape index (κ3) is 2.93. The number of urea groups is 1. The maximum atomic E-state index is 12.0. The SMILES string of the molecule is CC(C)(CCO)CNC(=O)NC1C2CCOC2C1(C)C. The molecule has 0 aromatic heterocycles. The van der Waals surface area contributed by atoms with Crippen LogP contribution in [0.25, 0.3) is 0 Å². The van der Waals surface area contributed by atoms with Crippen LogP contribution in [-0.4, -0.2) is 43.0 Å². The summed E-state index contributed by atoms with van der Waals surface area (Å²) in [5.41, 5.74) is -0.0701. The molecule has 2 amide bonds. The Labute approximate surface area is 121 Å². The Bertz CT molecular complexity index is 368. The lowest BCUT2D eigenvalue weighted by Gasteiger charge is -2.54. The number of hydrogen-bond acceptors (Lipinski definition) is 3. The fraction of sp³-hybridized carbons (Fsp3) is 0.933. The van der Waals surface area contributed by atoms with Gasteiger partial charge in [-0.25, -0.2) is 4.79 Å². The lowest BCUT2D eigenvalue weighted by atomic mass is 9.57. The van der Waals surface area contributed by atoms with Gasteiger partial charge in [0.05, 0.1) is 6.10 Å². The predicted octanol–water partition coefficient (Wildman–Crippen LogP) is 1.51. The quantitative estimate of drug-likeness (QED) is 0.716. The second-order valence-electron chi connectivity index (χ2n) is 7.51. The van der Waals surface area contributed by atoms with Gasteiger partial charge >= 0.3 is 6.03 Å². The average Bonchev–Trinajstić information content (AvgIpc) is 2.80. The first-order valence-corrected chi connectivity index (χ1v) is 7.55. The molecule has 3 atom stereocenters. The standard InChI is InChI=1S/C15H28N2O3/c1-14(2,6-7-18)9-16-13(19)17-11-10-5-8-20-12(10)15(11,3)4/h10-12,18H,5-9H2,1-4H3,(H2,16,17,19). The number of hydrogen-bond donors (Lipinski definition) is 3. The molecule has 116 valence electrons. The van der Waals surface area contributed by atoms with Gasteiger partial charge < -0.3 is 20.5 Å². The molecule has 0 aromatic carbocycles. The van der Waals surface area contributed by atoms with E-state index in [0.717, 1.165) is 13.0 Å². The van der Waals surface area contributed by atoms with Crippen molar-refractivity contribution < 1.29 is 14.6 Å². The highest BCUT2D eigenvalue weighted by atomic mass is 16.5. The van der Waals surface area contributed by atoms with Crippen LogP contribution in [0, 0.1) is 16.7 Å². The van der Waals surface area contributed by atoms with Crippen LogP contribution in [0.4, 0.5) is 4.79 Å². The largest absolute Gasteiger partial charge is 0.396 e. The van der Waals surface area contributed by atoms with E-state index in [2.05, 4.69) is 24.5 Å². The number of fused-ring (bicyclic) bond motifs is 1. The lowest BCUT2D eigenvalue weighted by Crippen LogP contribution is -2.67. The van der Waals surface area contributed by atoms with E-state index in [4.69, 9.17) is 9.84 Å². The smallest absolute Gasteiger partial charge is 0.315 e. The molecule has 3 unspecified atom stereocenters. The Morgan fingerprint density at radius 1 is 1.45 bits per heavy atom. The summed E-state index contributed by atoms with van der Waals surface area (Å²) < 4.78 is 5.73. The Hall–Kier alpha value is -0.810. The minimum atomic E-state index is -0.112. The zero-order chi connectivity index (χ0) is 15.0. The van der Waals surface area contributed by atoms with Gasteiger partial charge in [0.25, 0.3) is 0 Å². The van der Waals surface area contributed by atoms with E-state index in [-0.39, 0.29) is 29.5 Å². The Morgan fingerprint density at radius 3 is 2.80 bits per heavy atom. The molecule has 0 aromatic rings. The summed E-state index contributed by atoms with van der Waals surface area (Å²) in [4.78, 5) is 12.0. The highest BCUT2D eigenvalue weighted by Gasteiger charge is 2.59. The van der Waals surface area contributed by atoms with Gasteiger partial charge in [-0.15, -0.1) is 0 Å². The molecule has 1 aliphatic heterocycles. The zero-order valence-corrected chi connectivity index (χ0v) is 13.0. The molecule has 1 heterocycles. The highest BCUT2D eigenvalue weighted by molar-refractivity contribution is 5.74. The number of aliphatic hydroxyl groups excluding tert-OH is 1. The summed E-state index contributed by atoms with van der Waals surface area (Å²) in [7, 11) is 0. The first kappa shape index (κ1) is 15.6. The molecule has 5 heteroatoms. The van der Waals surface area contributed by atoms with E-state index in [1.54, 1.807) is 0 Å². The van der Waals surface area contributed by atoms with Crippen molar-refractivity contribution >= 4 is 6.03 Å². The highest BCUT2D eigenvalue weighted by Crippen LogP contribution is 2.52. The molecule has 2 rings (SSSR count). The van der Waals surface area contributed by atoms with E-state index in [1.807, 2.05) is 13.8 Å². The van der Waals surface area contributed by atoms with Crippen LogP contribution in [0.15, 0.2) is 0 Å². The number of carbonyl (C=O) groups is 1. The van der Waals surface area contributed by atoms with Crippen molar-refractivity contribution in [1.29, 1.82) is 0 Å². The van der Waals surface area contributed by atoms with Gasteiger partial charge in [-0.3, -0.25) is 0 Å². The number of nitrogens with one attached hydrogen (secondary N) is 2. The van der Waals surface area contributed by atoms with E-state index >= 15 is 0 Å². The summed E-state index contributed by atoms with van der Waals surface area (Å²) >= 11 is 0. The maximum absolute atomic E-state index is 12.0. The average molecular weight is 284 g/mol. The van der Waals surface area contributed by atoms with E-state index in [9.17, 15) is 4.79 Å². The second-order valence-corrected chi connectivity index (χ2v) is 7.51. The molecular formula is C15H28N2O3. The van der Waals surface area contributed by atoms with Gasteiger partial charge in [-0.2, -0.15) is 0 Å². The molecule has 1 saturated heterocycles. The molecule has 2 aliphatic rings. The summed E-state index contributed by atoms with van der Waals surface area (Å²) in [6.45, 7) is 9.90. The molecule has 0 spiro atoms. The topological polar surface area (TPSA) is 70.6 Å². The van der Waals surface area contributed by atoms with Crippen molar-refractivity contribution in [3.8, 4) is 0 Å². The van der Waals surface area contributed by atoms with Crippen molar-refractivity contribution in [1.82, 2.24) is 10.6 Å². The third-order valence-corrected chi connectivity index (χ3v) is 4.90. The van der Waals surface area contributed by atoms with Crippen LogP contribution >= 0.6 is 0 Å². The first-order chi connectivity index (χ1) is 9.28. The first-order valence-electron chi connectivity index (χ1n) is 7.55. The normalized spacial score (nSPS) is 31.4. The van der Waals surface area contributed by atoms with Crippen LogP contribution < -0.4 is 10.6 Å². The van der Waals surface area contributed by atoms with Crippen LogP contribution in [-0.2, 0) is 4.74 Å². The van der Waals surface area contributed by atoms with Crippen molar-refractivity contribution in [2.24, 2.45) is 16.7 Å². The van der Waals surface area contributed by atoms with E-state index < -0.39 is 0 Å². The number of carbonyl (C=O) groups excluding carboxylic acids is 1. The molecule has 3 N–H and O–H groups in total. The zero-order valence-electron chi connectivity index (χ0n) is 13.0. The molecule has 1 aliphatic carbocycles. The Balaban J connectivity index is 1.80. The maximum Gasteiger partial charge on any atom is 0.315 e. The summed E-state index contributed by atoms with van der Waals surface area (Å²) in [6, 6.07) is 0.0791. The lowest BCUT2D eigenvalue weighted by molar-refractivity contribution is -0.108. The Morgan fingerprint density at radius 2 is 2.15 bits per heavy atom. The van der Waals surface area contributed by atoms with Gasteiger partial charge in [-0.05, 0) is 18.3 Å². The predicted molar refractivity (Wildman–Crippen MR) is 77.4 cm³/mol. The van der Waals surface area contributed by atoms with Crippen molar-refractivity contribution in [3.05, 3.63) is 0 Å². The van der Waals surface area contributed by atoms with Gasteiger partial charge in [0, 0.05) is 37.1 Å². The Kier molecular flexibility index (Phi) is 4.30. The number of rotatable bonds is 5.